The fourth-order valence-electron chi connectivity index (χ4n) is 5.04. The van der Waals surface area contributed by atoms with Gasteiger partial charge in [0, 0.05) is 37.1 Å². The Morgan fingerprint density at radius 3 is 2.19 bits per heavy atom. The topological polar surface area (TPSA) is 82.1 Å². The molecule has 0 radical (unpaired) electrons. The summed E-state index contributed by atoms with van der Waals surface area (Å²) in [6.07, 6.45) is 1.21. The van der Waals surface area contributed by atoms with Gasteiger partial charge in [0.1, 0.15) is 5.60 Å². The van der Waals surface area contributed by atoms with Gasteiger partial charge < -0.3 is 19.1 Å². The van der Waals surface area contributed by atoms with Crippen molar-refractivity contribution in [2.45, 2.75) is 24.9 Å². The van der Waals surface area contributed by atoms with E-state index in [0.717, 1.165) is 0 Å². The molecule has 0 aromatic heterocycles. The van der Waals surface area contributed by atoms with Crippen LogP contribution < -0.4 is 14.2 Å². The largest absolute Gasteiger partial charge is 0.493 e. The van der Waals surface area contributed by atoms with Gasteiger partial charge in [0.25, 0.3) is 5.91 Å². The molecular weight excluding hydrogens is 458 g/mol. The summed E-state index contributed by atoms with van der Waals surface area (Å²) in [6, 6.07) is 19.2. The van der Waals surface area contributed by atoms with E-state index in [-0.39, 0.29) is 23.9 Å². The lowest BCUT2D eigenvalue weighted by atomic mass is 9.82. The number of nitrogens with zero attached hydrogens (tertiary/aromatic N) is 1. The lowest BCUT2D eigenvalue weighted by Crippen LogP contribution is -2.52. The van der Waals surface area contributed by atoms with Crippen LogP contribution in [0.1, 0.15) is 55.9 Å². The maximum Gasteiger partial charge on any atom is 0.254 e. The van der Waals surface area contributed by atoms with E-state index >= 15 is 0 Å². The predicted molar refractivity (Wildman–Crippen MR) is 133 cm³/mol. The maximum atomic E-state index is 13.5. The molecule has 2 aliphatic heterocycles. The number of amides is 1. The molecule has 0 bridgehead atoms. The Labute approximate surface area is 209 Å². The summed E-state index contributed by atoms with van der Waals surface area (Å²) in [5, 5.41) is 0. The van der Waals surface area contributed by atoms with Crippen LogP contribution in [0, 0.1) is 0 Å². The van der Waals surface area contributed by atoms with Crippen molar-refractivity contribution in [2.75, 3.05) is 27.3 Å². The molecule has 0 unspecified atom stereocenters. The number of methoxy groups -OCH3 is 2. The first-order chi connectivity index (χ1) is 17.5. The number of hydrogen-bond donors (Lipinski definition) is 0. The number of carbonyl (C=O) groups excluding carboxylic acids is 3. The van der Waals surface area contributed by atoms with Crippen molar-refractivity contribution < 1.29 is 28.6 Å². The minimum absolute atomic E-state index is 0.0178. The van der Waals surface area contributed by atoms with E-state index < -0.39 is 5.60 Å². The molecule has 3 aromatic carbocycles. The van der Waals surface area contributed by atoms with Crippen LogP contribution in [0.2, 0.25) is 0 Å². The summed E-state index contributed by atoms with van der Waals surface area (Å²) < 4.78 is 17.3. The van der Waals surface area contributed by atoms with E-state index in [2.05, 4.69) is 0 Å². The fraction of sp³-hybridized carbons (Fsp3) is 0.276. The van der Waals surface area contributed by atoms with Gasteiger partial charge in [-0.25, -0.2) is 0 Å². The second kappa shape index (κ2) is 9.49. The Kier molecular flexibility index (Phi) is 6.22. The van der Waals surface area contributed by atoms with Crippen molar-refractivity contribution >= 4 is 17.5 Å². The van der Waals surface area contributed by atoms with Gasteiger partial charge in [0.2, 0.25) is 5.75 Å². The van der Waals surface area contributed by atoms with Gasteiger partial charge >= 0.3 is 0 Å². The average molecular weight is 486 g/mol. The normalized spacial score (nSPS) is 16.2. The van der Waals surface area contributed by atoms with E-state index in [1.165, 1.54) is 14.2 Å². The average Bonchev–Trinajstić information content (AvgIpc) is 2.92. The highest BCUT2D eigenvalue weighted by Gasteiger charge is 2.45. The smallest absolute Gasteiger partial charge is 0.254 e. The molecule has 7 nitrogen and oxygen atoms in total. The molecule has 2 heterocycles. The molecule has 2 aliphatic rings. The summed E-state index contributed by atoms with van der Waals surface area (Å²) in [5.74, 6) is 0.878. The SMILES string of the molecule is COc1ccc2c(c1OC)OC1(CCN(C(=O)c3ccccc3C(=O)c3ccccc3)CC1)CC2=O. The Hall–Kier alpha value is -4.13. The maximum absolute atomic E-state index is 13.5. The highest BCUT2D eigenvalue weighted by Crippen LogP contribution is 2.47. The molecule has 0 atom stereocenters. The number of ketones is 2. The van der Waals surface area contributed by atoms with Gasteiger partial charge in [-0.05, 0) is 18.2 Å². The standard InChI is InChI=1S/C29H27NO6/c1-34-24-13-12-22-23(31)18-29(36-26(22)27(24)35-2)14-16-30(17-15-29)28(33)21-11-7-6-10-20(21)25(32)19-8-4-3-5-9-19/h3-13H,14-18H2,1-2H3. The fourth-order valence-corrected chi connectivity index (χ4v) is 5.04. The number of benzene rings is 3. The first-order valence-electron chi connectivity index (χ1n) is 11.9. The zero-order valence-corrected chi connectivity index (χ0v) is 20.3. The van der Waals surface area contributed by atoms with Crippen LogP contribution in [0.4, 0.5) is 0 Å². The number of Topliss-reactive ketones (excluding diaryl/α,β-unsaturated/α-hetero) is 1. The van der Waals surface area contributed by atoms with E-state index in [9.17, 15) is 14.4 Å². The summed E-state index contributed by atoms with van der Waals surface area (Å²) in [5.41, 5.74) is 1.04. The monoisotopic (exact) mass is 485 g/mol. The van der Waals surface area contributed by atoms with Crippen LogP contribution in [0.3, 0.4) is 0 Å². The van der Waals surface area contributed by atoms with E-state index in [4.69, 9.17) is 14.2 Å². The molecule has 1 fully saturated rings. The van der Waals surface area contributed by atoms with Gasteiger partial charge in [-0.3, -0.25) is 14.4 Å². The molecule has 1 saturated heterocycles. The van der Waals surface area contributed by atoms with Crippen LogP contribution in [0.25, 0.3) is 0 Å². The van der Waals surface area contributed by atoms with Crippen molar-refractivity contribution in [2.24, 2.45) is 0 Å². The van der Waals surface area contributed by atoms with Crippen molar-refractivity contribution in [1.82, 2.24) is 4.90 Å². The van der Waals surface area contributed by atoms with Gasteiger partial charge in [-0.2, -0.15) is 0 Å². The lowest BCUT2D eigenvalue weighted by Gasteiger charge is -2.44. The summed E-state index contributed by atoms with van der Waals surface area (Å²) >= 11 is 0. The Morgan fingerprint density at radius 1 is 0.861 bits per heavy atom. The van der Waals surface area contributed by atoms with Crippen LogP contribution in [-0.4, -0.2) is 55.3 Å². The number of fused-ring (bicyclic) bond motifs is 1. The molecule has 1 amide bonds. The van der Waals surface area contributed by atoms with Crippen molar-refractivity contribution in [1.29, 1.82) is 0 Å². The molecule has 0 N–H and O–H groups in total. The second-order valence-electron chi connectivity index (χ2n) is 9.10. The Balaban J connectivity index is 1.36. The number of carbonyl (C=O) groups is 3. The lowest BCUT2D eigenvalue weighted by molar-refractivity contribution is -0.00750. The van der Waals surface area contributed by atoms with Gasteiger partial charge in [-0.15, -0.1) is 0 Å². The third kappa shape index (κ3) is 4.11. The molecular formula is C29H27NO6. The minimum Gasteiger partial charge on any atom is -0.493 e. The van der Waals surface area contributed by atoms with Crippen LogP contribution in [0.5, 0.6) is 17.2 Å². The second-order valence-corrected chi connectivity index (χ2v) is 9.10. The third-order valence-corrected chi connectivity index (χ3v) is 7.00. The van der Waals surface area contributed by atoms with E-state index in [1.54, 1.807) is 65.6 Å². The molecule has 36 heavy (non-hydrogen) atoms. The highest BCUT2D eigenvalue weighted by atomic mass is 16.5. The van der Waals surface area contributed by atoms with Crippen LogP contribution >= 0.6 is 0 Å². The van der Waals surface area contributed by atoms with Crippen molar-refractivity contribution in [3.05, 3.63) is 89.0 Å². The van der Waals surface area contributed by atoms with Gasteiger partial charge in [0.05, 0.1) is 31.8 Å². The van der Waals surface area contributed by atoms with Crippen LogP contribution in [0.15, 0.2) is 66.7 Å². The molecule has 7 heteroatoms. The molecule has 3 aromatic rings. The number of hydrogen-bond acceptors (Lipinski definition) is 6. The Bertz CT molecular complexity index is 1320. The summed E-state index contributed by atoms with van der Waals surface area (Å²) in [4.78, 5) is 41.4. The first-order valence-corrected chi connectivity index (χ1v) is 11.9. The number of rotatable bonds is 5. The quantitative estimate of drug-likeness (QED) is 0.492. The minimum atomic E-state index is -0.722. The van der Waals surface area contributed by atoms with Crippen molar-refractivity contribution in [3.63, 3.8) is 0 Å². The first kappa shape index (κ1) is 23.6. The van der Waals surface area contributed by atoms with Gasteiger partial charge in [0.15, 0.2) is 23.1 Å². The Morgan fingerprint density at radius 2 is 1.53 bits per heavy atom. The zero-order chi connectivity index (χ0) is 25.3. The molecule has 1 spiro atoms. The predicted octanol–water partition coefficient (Wildman–Crippen LogP) is 4.58. The van der Waals surface area contributed by atoms with Gasteiger partial charge in [-0.1, -0.05) is 48.5 Å². The van der Waals surface area contributed by atoms with Crippen molar-refractivity contribution in [3.8, 4) is 17.2 Å². The zero-order valence-electron chi connectivity index (χ0n) is 20.3. The molecule has 0 aliphatic carbocycles. The molecule has 5 rings (SSSR count). The molecule has 0 saturated carbocycles. The van der Waals surface area contributed by atoms with E-state index in [1.807, 2.05) is 6.07 Å². The number of piperidine rings is 1. The number of ether oxygens (including phenoxy) is 3. The molecule has 184 valence electrons. The number of likely N-dealkylation sites (tertiary alicyclic amines) is 1. The summed E-state index contributed by atoms with van der Waals surface area (Å²) in [6.45, 7) is 0.809. The van der Waals surface area contributed by atoms with E-state index in [0.29, 0.717) is 65.4 Å². The third-order valence-electron chi connectivity index (χ3n) is 7.00. The summed E-state index contributed by atoms with van der Waals surface area (Å²) in [7, 11) is 3.05. The highest BCUT2D eigenvalue weighted by molar-refractivity contribution is 6.15. The van der Waals surface area contributed by atoms with Crippen LogP contribution in [-0.2, 0) is 0 Å².